The van der Waals surface area contributed by atoms with Crippen LogP contribution in [0.25, 0.3) is 6.08 Å². The quantitative estimate of drug-likeness (QED) is 0.346. The van der Waals surface area contributed by atoms with E-state index in [1.165, 1.54) is 24.1 Å². The van der Waals surface area contributed by atoms with Gasteiger partial charge in [0, 0.05) is 11.0 Å². The van der Waals surface area contributed by atoms with E-state index < -0.39 is 18.5 Å². The van der Waals surface area contributed by atoms with Gasteiger partial charge in [-0.2, -0.15) is 10.5 Å². The minimum absolute atomic E-state index is 0.241. The van der Waals surface area contributed by atoms with E-state index in [1.54, 1.807) is 42.5 Å². The van der Waals surface area contributed by atoms with Crippen LogP contribution >= 0.6 is 11.8 Å². The lowest BCUT2D eigenvalue weighted by atomic mass is 10.2. The highest BCUT2D eigenvalue weighted by Crippen LogP contribution is 2.26. The lowest BCUT2D eigenvalue weighted by Crippen LogP contribution is -2.21. The van der Waals surface area contributed by atoms with Crippen LogP contribution in [0.3, 0.4) is 0 Å². The summed E-state index contributed by atoms with van der Waals surface area (Å²) in [6.07, 6.45) is 2.63. The van der Waals surface area contributed by atoms with Crippen molar-refractivity contribution in [3.63, 3.8) is 0 Å². The molecule has 0 radical (unpaired) electrons. The molecule has 0 aliphatic carbocycles. The molecule has 1 N–H and O–H groups in total. The summed E-state index contributed by atoms with van der Waals surface area (Å²) in [7, 11) is 0. The summed E-state index contributed by atoms with van der Waals surface area (Å²) in [6, 6.07) is 13.9. The molecule has 0 saturated carbocycles. The molecular formula is C18H13N3O4S. The van der Waals surface area contributed by atoms with Crippen molar-refractivity contribution in [2.24, 2.45) is 0 Å². The Kier molecular flexibility index (Phi) is 7.04. The summed E-state index contributed by atoms with van der Waals surface area (Å²) in [5.41, 5.74) is 0.234. The van der Waals surface area contributed by atoms with Gasteiger partial charge >= 0.3 is 5.97 Å². The summed E-state index contributed by atoms with van der Waals surface area (Å²) in [4.78, 5) is 24.6. The van der Waals surface area contributed by atoms with Gasteiger partial charge in [-0.25, -0.2) is 4.79 Å². The monoisotopic (exact) mass is 367 g/mol. The first-order valence-corrected chi connectivity index (χ1v) is 8.33. The van der Waals surface area contributed by atoms with Crippen LogP contribution in [0.15, 0.2) is 57.5 Å². The van der Waals surface area contributed by atoms with E-state index in [1.807, 2.05) is 6.07 Å². The average Bonchev–Trinajstić information content (AvgIpc) is 3.16. The number of carbonyl (C=O) groups excluding carboxylic acids is 2. The second kappa shape index (κ2) is 9.72. The van der Waals surface area contributed by atoms with Crippen molar-refractivity contribution in [3.05, 3.63) is 54.0 Å². The third kappa shape index (κ3) is 5.55. The van der Waals surface area contributed by atoms with E-state index in [0.717, 1.165) is 4.90 Å². The number of nitrogens with one attached hydrogen (secondary N) is 1. The number of thioether (sulfide) groups is 1. The number of esters is 1. The number of nitriles is 2. The summed E-state index contributed by atoms with van der Waals surface area (Å²) < 4.78 is 9.88. The molecule has 0 atom stereocenters. The summed E-state index contributed by atoms with van der Waals surface area (Å²) >= 11 is 1.28. The highest BCUT2D eigenvalue weighted by Gasteiger charge is 2.14. The number of nitrogens with zero attached hydrogens (tertiary/aromatic N) is 2. The zero-order valence-corrected chi connectivity index (χ0v) is 14.3. The van der Waals surface area contributed by atoms with Crippen molar-refractivity contribution in [2.45, 2.75) is 4.90 Å². The van der Waals surface area contributed by atoms with Crippen LogP contribution in [0.1, 0.15) is 5.76 Å². The van der Waals surface area contributed by atoms with Crippen LogP contribution in [0, 0.1) is 22.7 Å². The van der Waals surface area contributed by atoms with Gasteiger partial charge < -0.3 is 14.5 Å². The molecule has 8 heteroatoms. The Labute approximate surface area is 153 Å². The van der Waals surface area contributed by atoms with Crippen molar-refractivity contribution >= 4 is 35.4 Å². The maximum absolute atomic E-state index is 12.0. The normalized spacial score (nSPS) is 10.5. The molecular weight excluding hydrogens is 354 g/mol. The number of carbonyl (C=O) groups is 2. The maximum Gasteiger partial charge on any atom is 0.349 e. The molecule has 130 valence electrons. The first-order valence-electron chi connectivity index (χ1n) is 7.35. The zero-order chi connectivity index (χ0) is 18.8. The van der Waals surface area contributed by atoms with Gasteiger partial charge in [-0.3, -0.25) is 4.79 Å². The van der Waals surface area contributed by atoms with Crippen molar-refractivity contribution < 1.29 is 18.7 Å². The van der Waals surface area contributed by atoms with Crippen molar-refractivity contribution in [2.75, 3.05) is 17.7 Å². The summed E-state index contributed by atoms with van der Waals surface area (Å²) in [5, 5.41) is 20.3. The summed E-state index contributed by atoms with van der Waals surface area (Å²) in [5.74, 6) is -0.915. The molecule has 0 unspecified atom stereocenters. The standard InChI is InChI=1S/C18H13N3O4S/c19-7-9-26-16-6-2-1-5-15(16)21-17(22)12-25-18(23)13(11-20)10-14-4-3-8-24-14/h1-6,8,10H,9,12H2,(H,21,22)/b13-10+. The van der Waals surface area contributed by atoms with E-state index in [0.29, 0.717) is 11.4 Å². The smallest absolute Gasteiger partial charge is 0.349 e. The van der Waals surface area contributed by atoms with Crippen molar-refractivity contribution in [1.82, 2.24) is 0 Å². The molecule has 26 heavy (non-hydrogen) atoms. The van der Waals surface area contributed by atoms with E-state index in [9.17, 15) is 9.59 Å². The molecule has 0 saturated heterocycles. The topological polar surface area (TPSA) is 116 Å². The Bertz CT molecular complexity index is 892. The van der Waals surface area contributed by atoms with E-state index in [-0.39, 0.29) is 11.3 Å². The number of anilines is 1. The Morgan fingerprint density at radius 2 is 2.04 bits per heavy atom. The van der Waals surface area contributed by atoms with Gasteiger partial charge in [0.05, 0.1) is 23.8 Å². The van der Waals surface area contributed by atoms with Gasteiger partial charge in [0.1, 0.15) is 17.4 Å². The average molecular weight is 367 g/mol. The van der Waals surface area contributed by atoms with Crippen LogP contribution < -0.4 is 5.32 Å². The zero-order valence-electron chi connectivity index (χ0n) is 13.5. The number of amides is 1. The molecule has 1 amide bonds. The first kappa shape index (κ1) is 18.8. The number of rotatable bonds is 7. The Balaban J connectivity index is 1.94. The predicted molar refractivity (Wildman–Crippen MR) is 94.7 cm³/mol. The predicted octanol–water partition coefficient (Wildman–Crippen LogP) is 2.98. The van der Waals surface area contributed by atoms with E-state index in [4.69, 9.17) is 19.7 Å². The number of hydrogen-bond donors (Lipinski definition) is 1. The fourth-order valence-corrected chi connectivity index (χ4v) is 2.52. The molecule has 0 aliphatic heterocycles. The molecule has 0 spiro atoms. The molecule has 1 heterocycles. The number of para-hydroxylation sites is 1. The Hall–Kier alpha value is -3.49. The highest BCUT2D eigenvalue weighted by atomic mass is 32.2. The Morgan fingerprint density at radius 3 is 2.73 bits per heavy atom. The molecule has 0 bridgehead atoms. The van der Waals surface area contributed by atoms with Gasteiger partial charge in [-0.05, 0) is 24.3 Å². The van der Waals surface area contributed by atoms with E-state index >= 15 is 0 Å². The molecule has 2 rings (SSSR count). The molecule has 2 aromatic rings. The molecule has 1 aromatic heterocycles. The fraction of sp³-hybridized carbons (Fsp3) is 0.111. The Morgan fingerprint density at radius 1 is 1.23 bits per heavy atom. The lowest BCUT2D eigenvalue weighted by molar-refractivity contribution is -0.142. The molecule has 7 nitrogen and oxygen atoms in total. The fourth-order valence-electron chi connectivity index (χ4n) is 1.85. The number of furan rings is 1. The largest absolute Gasteiger partial charge is 0.465 e. The SMILES string of the molecule is N#CCSc1ccccc1NC(=O)COC(=O)/C(C#N)=C/c1ccco1. The minimum atomic E-state index is -0.925. The van der Waals surface area contributed by atoms with E-state index in [2.05, 4.69) is 5.32 Å². The van der Waals surface area contributed by atoms with Crippen LogP contribution in [0.5, 0.6) is 0 Å². The van der Waals surface area contributed by atoms with Crippen molar-refractivity contribution in [3.8, 4) is 12.1 Å². The third-order valence-corrected chi connectivity index (χ3v) is 3.90. The van der Waals surface area contributed by atoms with Gasteiger partial charge in [-0.15, -0.1) is 11.8 Å². The molecule has 0 aliphatic rings. The van der Waals surface area contributed by atoms with Crippen LogP contribution in [-0.2, 0) is 14.3 Å². The van der Waals surface area contributed by atoms with Gasteiger partial charge in [-0.1, -0.05) is 12.1 Å². The minimum Gasteiger partial charge on any atom is -0.465 e. The third-order valence-electron chi connectivity index (χ3n) is 2.96. The van der Waals surface area contributed by atoms with Gasteiger partial charge in [0.15, 0.2) is 6.61 Å². The number of ether oxygens (including phenoxy) is 1. The summed E-state index contributed by atoms with van der Waals surface area (Å²) in [6.45, 7) is -0.548. The second-order valence-corrected chi connectivity index (χ2v) is 5.77. The van der Waals surface area contributed by atoms with Crippen LogP contribution in [0.4, 0.5) is 5.69 Å². The molecule has 1 aromatic carbocycles. The lowest BCUT2D eigenvalue weighted by Gasteiger charge is -2.09. The van der Waals surface area contributed by atoms with Crippen molar-refractivity contribution in [1.29, 1.82) is 10.5 Å². The maximum atomic E-state index is 12.0. The highest BCUT2D eigenvalue weighted by molar-refractivity contribution is 7.99. The van der Waals surface area contributed by atoms with Crippen LogP contribution in [-0.4, -0.2) is 24.2 Å². The van der Waals surface area contributed by atoms with Gasteiger partial charge in [0.2, 0.25) is 0 Å². The first-order chi connectivity index (χ1) is 12.6. The van der Waals surface area contributed by atoms with Crippen LogP contribution in [0.2, 0.25) is 0 Å². The van der Waals surface area contributed by atoms with Gasteiger partial charge in [0.25, 0.3) is 5.91 Å². The second-order valence-electron chi connectivity index (χ2n) is 4.75. The number of benzene rings is 1. The molecule has 0 fully saturated rings. The number of hydrogen-bond acceptors (Lipinski definition) is 7.